The van der Waals surface area contributed by atoms with Gasteiger partial charge in [0.05, 0.1) is 12.1 Å². The first-order valence-electron chi connectivity index (χ1n) is 4.79. The Morgan fingerprint density at radius 3 is 2.88 bits per heavy atom. The summed E-state index contributed by atoms with van der Waals surface area (Å²) in [6, 6.07) is 1.77. The van der Waals surface area contributed by atoms with Crippen molar-refractivity contribution >= 4 is 28.7 Å². The van der Waals surface area contributed by atoms with Crippen molar-refractivity contribution in [3.05, 3.63) is 28.0 Å². The summed E-state index contributed by atoms with van der Waals surface area (Å²) in [4.78, 5) is 32.5. The van der Waals surface area contributed by atoms with Crippen molar-refractivity contribution in [2.45, 2.75) is 12.5 Å². The Hall–Kier alpha value is -1.83. The van der Waals surface area contributed by atoms with Gasteiger partial charge in [-0.1, -0.05) is 11.8 Å². The summed E-state index contributed by atoms with van der Waals surface area (Å²) in [5.41, 5.74) is 0. The van der Waals surface area contributed by atoms with Crippen LogP contribution in [0.4, 0.5) is 5.88 Å². The molecule has 8 heteroatoms. The summed E-state index contributed by atoms with van der Waals surface area (Å²) in [7, 11) is 0. The number of nitrogens with one attached hydrogen (secondary N) is 1. The molecular formula is C9H8N2O5S. The monoisotopic (exact) mass is 256 g/mol. The summed E-state index contributed by atoms with van der Waals surface area (Å²) in [5.74, 6) is -0.607. The zero-order valence-corrected chi connectivity index (χ0v) is 9.36. The Kier molecular flexibility index (Phi) is 3.14. The third kappa shape index (κ3) is 2.47. The average molecular weight is 256 g/mol. The molecule has 1 fully saturated rings. The topological polar surface area (TPSA) is 102 Å². The number of amides is 1. The summed E-state index contributed by atoms with van der Waals surface area (Å²) in [5, 5.41) is 12.7. The molecule has 0 saturated carbocycles. The lowest BCUT2D eigenvalue weighted by Crippen LogP contribution is -2.36. The van der Waals surface area contributed by atoms with Crippen molar-refractivity contribution in [1.82, 2.24) is 5.32 Å². The van der Waals surface area contributed by atoms with Crippen molar-refractivity contribution in [3.8, 4) is 0 Å². The van der Waals surface area contributed by atoms with Crippen molar-refractivity contribution in [3.63, 3.8) is 0 Å². The van der Waals surface area contributed by atoms with Crippen LogP contribution in [0.15, 0.2) is 16.5 Å². The lowest BCUT2D eigenvalue weighted by atomic mass is 10.2. The molecule has 1 aliphatic rings. The van der Waals surface area contributed by atoms with Gasteiger partial charge >= 0.3 is 5.88 Å². The number of nitrogens with zero attached hydrogens (tertiary/aromatic N) is 1. The predicted octanol–water partition coefficient (Wildman–Crippen LogP) is 0.950. The SMILES string of the molecule is O=C(N[C@H]1CCSC1=O)c1ccc([N+](=O)[O-])o1. The maximum atomic E-state index is 11.6. The second-order valence-corrected chi connectivity index (χ2v) is 4.48. The molecule has 1 atom stereocenters. The quantitative estimate of drug-likeness (QED) is 0.638. The minimum atomic E-state index is -0.729. The average Bonchev–Trinajstić information content (AvgIpc) is 2.88. The smallest absolute Gasteiger partial charge is 0.395 e. The van der Waals surface area contributed by atoms with E-state index in [1.807, 2.05) is 0 Å². The molecule has 7 nitrogen and oxygen atoms in total. The van der Waals surface area contributed by atoms with Gasteiger partial charge in [0.15, 0.2) is 5.76 Å². The van der Waals surface area contributed by atoms with Crippen LogP contribution in [0.2, 0.25) is 0 Å². The molecule has 1 aliphatic heterocycles. The number of nitro groups is 1. The maximum Gasteiger partial charge on any atom is 0.433 e. The zero-order chi connectivity index (χ0) is 12.4. The number of carbonyl (C=O) groups excluding carboxylic acids is 2. The van der Waals surface area contributed by atoms with Gasteiger partial charge in [0, 0.05) is 5.75 Å². The van der Waals surface area contributed by atoms with E-state index >= 15 is 0 Å². The second-order valence-electron chi connectivity index (χ2n) is 3.38. The van der Waals surface area contributed by atoms with Crippen molar-refractivity contribution < 1.29 is 18.9 Å². The second kappa shape index (κ2) is 4.58. The Balaban J connectivity index is 2.04. The van der Waals surface area contributed by atoms with Crippen LogP contribution in [0.5, 0.6) is 0 Å². The van der Waals surface area contributed by atoms with Crippen LogP contribution in [0.25, 0.3) is 0 Å². The van der Waals surface area contributed by atoms with Gasteiger partial charge in [-0.05, 0) is 12.5 Å². The van der Waals surface area contributed by atoms with Gasteiger partial charge < -0.3 is 9.73 Å². The standard InChI is InChI=1S/C9H8N2O5S/c12-8(10-5-3-4-17-9(5)13)6-1-2-7(16-6)11(14)15/h1-2,5H,3-4H2,(H,10,12)/t5-/m0/s1. The van der Waals surface area contributed by atoms with Gasteiger partial charge in [0.2, 0.25) is 5.12 Å². The van der Waals surface area contributed by atoms with Crippen LogP contribution < -0.4 is 5.32 Å². The molecule has 0 radical (unpaired) electrons. The Morgan fingerprint density at radius 1 is 1.59 bits per heavy atom. The highest BCUT2D eigenvalue weighted by atomic mass is 32.2. The molecule has 0 bridgehead atoms. The third-order valence-corrected chi connectivity index (χ3v) is 3.25. The van der Waals surface area contributed by atoms with E-state index in [9.17, 15) is 19.7 Å². The Morgan fingerprint density at radius 2 is 2.35 bits per heavy atom. The van der Waals surface area contributed by atoms with Crippen LogP contribution in [0, 0.1) is 10.1 Å². The van der Waals surface area contributed by atoms with E-state index in [0.29, 0.717) is 12.2 Å². The molecular weight excluding hydrogens is 248 g/mol. The van der Waals surface area contributed by atoms with E-state index in [0.717, 1.165) is 17.8 Å². The first kappa shape index (κ1) is 11.6. The van der Waals surface area contributed by atoms with Gasteiger partial charge in [0.1, 0.15) is 4.92 Å². The van der Waals surface area contributed by atoms with Crippen molar-refractivity contribution in [2.24, 2.45) is 0 Å². The molecule has 0 aromatic carbocycles. The predicted molar refractivity (Wildman–Crippen MR) is 58.7 cm³/mol. The van der Waals surface area contributed by atoms with E-state index in [1.54, 1.807) is 0 Å². The van der Waals surface area contributed by atoms with E-state index < -0.39 is 22.8 Å². The van der Waals surface area contributed by atoms with Gasteiger partial charge in [-0.15, -0.1) is 0 Å². The summed E-state index contributed by atoms with van der Waals surface area (Å²) in [6.07, 6.45) is 0.568. The number of thioether (sulfide) groups is 1. The van der Waals surface area contributed by atoms with Crippen molar-refractivity contribution in [2.75, 3.05) is 5.75 Å². The van der Waals surface area contributed by atoms with Gasteiger partial charge in [0.25, 0.3) is 5.91 Å². The summed E-state index contributed by atoms with van der Waals surface area (Å²) in [6.45, 7) is 0. The van der Waals surface area contributed by atoms with Gasteiger partial charge in [-0.2, -0.15) is 0 Å². The molecule has 1 N–H and O–H groups in total. The van der Waals surface area contributed by atoms with E-state index in [4.69, 9.17) is 4.42 Å². The highest BCUT2D eigenvalue weighted by molar-refractivity contribution is 8.14. The zero-order valence-electron chi connectivity index (χ0n) is 8.54. The largest absolute Gasteiger partial charge is 0.433 e. The van der Waals surface area contributed by atoms with Crippen LogP contribution in [-0.4, -0.2) is 27.7 Å². The minimum Gasteiger partial charge on any atom is -0.395 e. The fourth-order valence-corrected chi connectivity index (χ4v) is 2.34. The normalized spacial score (nSPS) is 19.3. The molecule has 1 saturated heterocycles. The summed E-state index contributed by atoms with van der Waals surface area (Å²) < 4.78 is 4.72. The maximum absolute atomic E-state index is 11.6. The van der Waals surface area contributed by atoms with Crippen LogP contribution in [-0.2, 0) is 4.79 Å². The summed E-state index contributed by atoms with van der Waals surface area (Å²) >= 11 is 1.16. The first-order chi connectivity index (χ1) is 8.08. The molecule has 2 rings (SSSR count). The van der Waals surface area contributed by atoms with Crippen LogP contribution in [0.1, 0.15) is 17.0 Å². The molecule has 1 aromatic heterocycles. The lowest BCUT2D eigenvalue weighted by Gasteiger charge is -2.07. The number of hydrogen-bond donors (Lipinski definition) is 1. The minimum absolute atomic E-state index is 0.0978. The van der Waals surface area contributed by atoms with E-state index in [2.05, 4.69) is 5.32 Å². The molecule has 17 heavy (non-hydrogen) atoms. The van der Waals surface area contributed by atoms with Crippen molar-refractivity contribution in [1.29, 1.82) is 0 Å². The fraction of sp³-hybridized carbons (Fsp3) is 0.333. The molecule has 1 aromatic rings. The van der Waals surface area contributed by atoms with E-state index in [1.165, 1.54) is 6.07 Å². The molecule has 0 spiro atoms. The highest BCUT2D eigenvalue weighted by Gasteiger charge is 2.28. The third-order valence-electron chi connectivity index (χ3n) is 2.24. The molecule has 1 amide bonds. The highest BCUT2D eigenvalue weighted by Crippen LogP contribution is 2.21. The fourth-order valence-electron chi connectivity index (χ4n) is 1.40. The number of furan rings is 1. The number of hydrogen-bond acceptors (Lipinski definition) is 6. The van der Waals surface area contributed by atoms with Crippen LogP contribution in [0.3, 0.4) is 0 Å². The Labute approximate surface area is 99.7 Å². The first-order valence-corrected chi connectivity index (χ1v) is 5.78. The lowest BCUT2D eigenvalue weighted by molar-refractivity contribution is -0.402. The Bertz CT molecular complexity index is 483. The number of carbonyl (C=O) groups is 2. The molecule has 90 valence electrons. The molecule has 2 heterocycles. The van der Waals surface area contributed by atoms with Gasteiger partial charge in [-0.3, -0.25) is 19.7 Å². The van der Waals surface area contributed by atoms with E-state index in [-0.39, 0.29) is 10.9 Å². The van der Waals surface area contributed by atoms with Crippen LogP contribution >= 0.6 is 11.8 Å². The molecule has 0 aliphatic carbocycles. The van der Waals surface area contributed by atoms with Gasteiger partial charge in [-0.25, -0.2) is 0 Å². The molecule has 0 unspecified atom stereocenters. The number of rotatable bonds is 3.